The Balaban J connectivity index is 2.31. The first-order valence-corrected chi connectivity index (χ1v) is 6.10. The second-order valence-electron chi connectivity index (χ2n) is 4.60. The van der Waals surface area contributed by atoms with E-state index in [1.54, 1.807) is 17.7 Å². The van der Waals surface area contributed by atoms with Crippen LogP contribution < -0.4 is 5.73 Å². The average Bonchev–Trinajstić information content (AvgIpc) is 2.65. The van der Waals surface area contributed by atoms with Gasteiger partial charge in [-0.05, 0) is 25.1 Å². The fraction of sp³-hybridized carbons (Fsp3) is 0.462. The number of alkyl halides is 3. The van der Waals surface area contributed by atoms with Crippen LogP contribution in [0.2, 0.25) is 0 Å². The second kappa shape index (κ2) is 5.21. The Morgan fingerprint density at radius 1 is 1.32 bits per heavy atom. The van der Waals surface area contributed by atoms with Gasteiger partial charge in [0.2, 0.25) is 0 Å². The van der Waals surface area contributed by atoms with E-state index in [1.165, 1.54) is 0 Å². The molecule has 0 aliphatic heterocycles. The molecule has 1 atom stereocenters. The van der Waals surface area contributed by atoms with Crippen LogP contribution in [0.1, 0.15) is 12.2 Å². The molecule has 0 spiro atoms. The first kappa shape index (κ1) is 13.9. The molecule has 0 fully saturated rings. The van der Waals surface area contributed by atoms with E-state index in [1.807, 2.05) is 18.2 Å². The molecule has 2 rings (SSSR count). The number of hydrogen-bond donors (Lipinski definition) is 1. The number of nitrogens with two attached hydrogens (primary N) is 1. The summed E-state index contributed by atoms with van der Waals surface area (Å²) in [4.78, 5) is 4.27. The molecule has 19 heavy (non-hydrogen) atoms. The van der Waals surface area contributed by atoms with Gasteiger partial charge >= 0.3 is 6.18 Å². The Bertz CT molecular complexity index is 560. The Labute approximate surface area is 109 Å². The lowest BCUT2D eigenvalue weighted by Crippen LogP contribution is -2.28. The highest BCUT2D eigenvalue weighted by Gasteiger charge is 2.39. The van der Waals surface area contributed by atoms with Crippen molar-refractivity contribution in [2.75, 3.05) is 6.54 Å². The third kappa shape index (κ3) is 2.89. The van der Waals surface area contributed by atoms with Gasteiger partial charge in [0, 0.05) is 13.5 Å². The fourth-order valence-electron chi connectivity index (χ4n) is 2.18. The minimum atomic E-state index is -4.24. The van der Waals surface area contributed by atoms with E-state index in [4.69, 9.17) is 5.73 Å². The van der Waals surface area contributed by atoms with Crippen LogP contribution in [0.5, 0.6) is 0 Å². The molecule has 0 saturated heterocycles. The van der Waals surface area contributed by atoms with Crippen molar-refractivity contribution in [3.05, 3.63) is 30.1 Å². The number of hydrogen-bond acceptors (Lipinski definition) is 2. The number of para-hydroxylation sites is 2. The van der Waals surface area contributed by atoms with E-state index in [0.717, 1.165) is 5.52 Å². The summed E-state index contributed by atoms with van der Waals surface area (Å²) in [6.45, 7) is 0.0219. The molecule has 1 heterocycles. The van der Waals surface area contributed by atoms with Crippen LogP contribution >= 0.6 is 0 Å². The van der Waals surface area contributed by atoms with Crippen LogP contribution in [-0.2, 0) is 13.5 Å². The average molecular weight is 271 g/mol. The summed E-state index contributed by atoms with van der Waals surface area (Å²) in [5.41, 5.74) is 6.82. The van der Waals surface area contributed by atoms with Gasteiger partial charge in [0.25, 0.3) is 0 Å². The molecule has 1 aromatic heterocycles. The lowest BCUT2D eigenvalue weighted by Gasteiger charge is -2.19. The molecule has 0 aliphatic carbocycles. The zero-order chi connectivity index (χ0) is 14.0. The van der Waals surface area contributed by atoms with E-state index >= 15 is 0 Å². The van der Waals surface area contributed by atoms with Crippen molar-refractivity contribution < 1.29 is 13.2 Å². The first-order chi connectivity index (χ1) is 8.93. The van der Waals surface area contributed by atoms with Crippen molar-refractivity contribution in [3.8, 4) is 0 Å². The van der Waals surface area contributed by atoms with Crippen LogP contribution in [0, 0.1) is 5.92 Å². The number of aryl methyl sites for hydroxylation is 1. The zero-order valence-corrected chi connectivity index (χ0v) is 10.6. The molecule has 0 radical (unpaired) electrons. The van der Waals surface area contributed by atoms with Crippen LogP contribution in [0.25, 0.3) is 11.0 Å². The van der Waals surface area contributed by atoms with E-state index in [9.17, 15) is 13.2 Å². The maximum absolute atomic E-state index is 12.9. The van der Waals surface area contributed by atoms with Gasteiger partial charge < -0.3 is 10.3 Å². The zero-order valence-electron chi connectivity index (χ0n) is 10.6. The van der Waals surface area contributed by atoms with Crippen molar-refractivity contribution >= 4 is 11.0 Å². The lowest BCUT2D eigenvalue weighted by molar-refractivity contribution is -0.175. The number of imidazole rings is 1. The summed E-state index contributed by atoms with van der Waals surface area (Å²) in [7, 11) is 1.74. The normalized spacial score (nSPS) is 13.9. The Morgan fingerprint density at radius 3 is 2.58 bits per heavy atom. The number of benzene rings is 1. The maximum atomic E-state index is 12.9. The summed E-state index contributed by atoms with van der Waals surface area (Å²) < 4.78 is 40.4. The molecule has 0 unspecified atom stereocenters. The standard InChI is InChI=1S/C13H16F3N3/c1-19-11-5-3-2-4-10(11)18-12(19)8-9(6-7-17)13(14,15)16/h2-5,9H,6-8,17H2,1H3/t9-/m0/s1. The summed E-state index contributed by atoms with van der Waals surface area (Å²) in [6.07, 6.45) is -4.45. The van der Waals surface area contributed by atoms with Gasteiger partial charge in [-0.2, -0.15) is 13.2 Å². The second-order valence-corrected chi connectivity index (χ2v) is 4.60. The van der Waals surface area contributed by atoms with E-state index in [0.29, 0.717) is 11.3 Å². The largest absolute Gasteiger partial charge is 0.392 e. The van der Waals surface area contributed by atoms with Gasteiger partial charge in [0.1, 0.15) is 5.82 Å². The van der Waals surface area contributed by atoms with Crippen molar-refractivity contribution in [2.24, 2.45) is 18.7 Å². The highest BCUT2D eigenvalue weighted by Crippen LogP contribution is 2.31. The topological polar surface area (TPSA) is 43.8 Å². The smallest absolute Gasteiger partial charge is 0.331 e. The fourth-order valence-corrected chi connectivity index (χ4v) is 2.18. The SMILES string of the molecule is Cn1c(C[C@H](CCN)C(F)(F)F)nc2ccccc21. The maximum Gasteiger partial charge on any atom is 0.392 e. The molecule has 2 N–H and O–H groups in total. The van der Waals surface area contributed by atoms with Crippen LogP contribution in [-0.4, -0.2) is 22.3 Å². The minimum absolute atomic E-state index is 0.0219. The number of aromatic nitrogens is 2. The van der Waals surface area contributed by atoms with Crippen molar-refractivity contribution in [3.63, 3.8) is 0 Å². The predicted octanol–water partition coefficient (Wildman–Crippen LogP) is 2.64. The molecular weight excluding hydrogens is 255 g/mol. The number of nitrogens with zero attached hydrogens (tertiary/aromatic N) is 2. The number of halogens is 3. The van der Waals surface area contributed by atoms with Crippen molar-refractivity contribution in [2.45, 2.75) is 19.0 Å². The summed E-state index contributed by atoms with van der Waals surface area (Å²) in [5, 5.41) is 0. The van der Waals surface area contributed by atoms with E-state index < -0.39 is 12.1 Å². The van der Waals surface area contributed by atoms with Gasteiger partial charge in [-0.25, -0.2) is 4.98 Å². The van der Waals surface area contributed by atoms with Crippen molar-refractivity contribution in [1.29, 1.82) is 0 Å². The van der Waals surface area contributed by atoms with Crippen LogP contribution in [0.3, 0.4) is 0 Å². The molecule has 3 nitrogen and oxygen atoms in total. The third-order valence-electron chi connectivity index (χ3n) is 3.29. The van der Waals surface area contributed by atoms with Gasteiger partial charge in [-0.15, -0.1) is 0 Å². The Kier molecular flexibility index (Phi) is 3.80. The minimum Gasteiger partial charge on any atom is -0.331 e. The number of rotatable bonds is 4. The van der Waals surface area contributed by atoms with Gasteiger partial charge in [-0.1, -0.05) is 12.1 Å². The predicted molar refractivity (Wildman–Crippen MR) is 67.6 cm³/mol. The Morgan fingerprint density at radius 2 is 2.00 bits per heavy atom. The van der Waals surface area contributed by atoms with Gasteiger partial charge in [0.05, 0.1) is 17.0 Å². The van der Waals surface area contributed by atoms with Gasteiger partial charge in [0.15, 0.2) is 0 Å². The van der Waals surface area contributed by atoms with E-state index in [-0.39, 0.29) is 19.4 Å². The monoisotopic (exact) mass is 271 g/mol. The summed E-state index contributed by atoms with van der Waals surface area (Å²) in [5.74, 6) is -0.995. The first-order valence-electron chi connectivity index (χ1n) is 6.10. The number of fused-ring (bicyclic) bond motifs is 1. The van der Waals surface area contributed by atoms with Crippen LogP contribution in [0.4, 0.5) is 13.2 Å². The molecule has 0 saturated carbocycles. The quantitative estimate of drug-likeness (QED) is 0.929. The molecule has 104 valence electrons. The highest BCUT2D eigenvalue weighted by atomic mass is 19.4. The molecule has 1 aromatic carbocycles. The summed E-state index contributed by atoms with van der Waals surface area (Å²) in [6, 6.07) is 7.30. The molecule has 2 aromatic rings. The molecular formula is C13H16F3N3. The molecule has 6 heteroatoms. The highest BCUT2D eigenvalue weighted by molar-refractivity contribution is 5.75. The van der Waals surface area contributed by atoms with E-state index in [2.05, 4.69) is 4.98 Å². The van der Waals surface area contributed by atoms with Gasteiger partial charge in [-0.3, -0.25) is 0 Å². The van der Waals surface area contributed by atoms with Crippen molar-refractivity contribution in [1.82, 2.24) is 9.55 Å². The molecule has 0 aliphatic rings. The lowest BCUT2D eigenvalue weighted by atomic mass is 10.0. The molecule has 0 amide bonds. The molecule has 0 bridgehead atoms. The summed E-state index contributed by atoms with van der Waals surface area (Å²) >= 11 is 0. The third-order valence-corrected chi connectivity index (χ3v) is 3.29. The Hall–Kier alpha value is -1.56. The van der Waals surface area contributed by atoms with Crippen LogP contribution in [0.15, 0.2) is 24.3 Å².